The van der Waals surface area contributed by atoms with Crippen LogP contribution in [-0.4, -0.2) is 33.2 Å². The first-order valence-electron chi connectivity index (χ1n) is 10.7. The average molecular weight is 510 g/mol. The Morgan fingerprint density at radius 1 is 0.944 bits per heavy atom. The molecular weight excluding hydrogens is 487 g/mol. The van der Waals surface area contributed by atoms with E-state index in [2.05, 4.69) is 20.8 Å². The van der Waals surface area contributed by atoms with E-state index in [1.165, 1.54) is 25.1 Å². The van der Waals surface area contributed by atoms with Gasteiger partial charge in [0.2, 0.25) is 5.91 Å². The van der Waals surface area contributed by atoms with E-state index >= 15 is 0 Å². The fourth-order valence-electron chi connectivity index (χ4n) is 3.41. The lowest BCUT2D eigenvalue weighted by atomic mass is 9.81. The minimum absolute atomic E-state index is 0.0869. The summed E-state index contributed by atoms with van der Waals surface area (Å²) < 4.78 is 65.2. The molecule has 3 rings (SSSR count). The molecule has 36 heavy (non-hydrogen) atoms. The van der Waals surface area contributed by atoms with Crippen molar-refractivity contribution in [3.8, 4) is 0 Å². The second kappa shape index (κ2) is 10.1. The van der Waals surface area contributed by atoms with E-state index < -0.39 is 52.7 Å². The number of rotatable bonds is 7. The maximum atomic E-state index is 13.3. The molecule has 1 aromatic heterocycles. The van der Waals surface area contributed by atoms with Crippen LogP contribution in [-0.2, 0) is 21.2 Å². The number of aromatic nitrogens is 2. The number of alkyl halides is 3. The zero-order valence-corrected chi connectivity index (χ0v) is 19.4. The number of hydrogen-bond acceptors (Lipinski definition) is 4. The van der Waals surface area contributed by atoms with Crippen LogP contribution in [0.1, 0.15) is 49.3 Å². The van der Waals surface area contributed by atoms with Crippen molar-refractivity contribution in [3.63, 3.8) is 0 Å². The summed E-state index contributed by atoms with van der Waals surface area (Å²) in [5.74, 6) is -3.61. The molecular formula is C24H23F5N4O3. The SMILES string of the molecule is CC(NC(=O)C(O)c1cc(F)cc(F)c1)C(=O)Nc1cc(C(C)(C)c2ccc(C(F)(F)F)cc2)[nH]n1. The summed E-state index contributed by atoms with van der Waals surface area (Å²) in [5, 5.41) is 21.5. The lowest BCUT2D eigenvalue weighted by Gasteiger charge is -2.24. The summed E-state index contributed by atoms with van der Waals surface area (Å²) in [6.45, 7) is 4.84. The monoisotopic (exact) mass is 510 g/mol. The standard InChI is InChI=1S/C24H23F5N4O3/c1-12(30-22(36)20(34)13-8-16(25)10-17(26)9-13)21(35)31-19-11-18(32-33-19)23(2,3)14-4-6-15(7-5-14)24(27,28)29/h4-12,20,34H,1-3H3,(H,30,36)(H2,31,32,33,35). The predicted octanol–water partition coefficient (Wildman–Crippen LogP) is 4.21. The molecule has 2 amide bonds. The van der Waals surface area contributed by atoms with Crippen molar-refractivity contribution in [3.05, 3.63) is 82.5 Å². The average Bonchev–Trinajstić information content (AvgIpc) is 3.26. The molecule has 4 N–H and O–H groups in total. The summed E-state index contributed by atoms with van der Waals surface area (Å²) in [5.41, 5.74) is -0.814. The van der Waals surface area contributed by atoms with E-state index in [0.717, 1.165) is 24.3 Å². The van der Waals surface area contributed by atoms with Crippen LogP contribution in [0, 0.1) is 11.6 Å². The molecule has 2 aromatic carbocycles. The van der Waals surface area contributed by atoms with Crippen molar-refractivity contribution in [2.45, 2.75) is 44.5 Å². The fraction of sp³-hybridized carbons (Fsp3) is 0.292. The van der Waals surface area contributed by atoms with Crippen molar-refractivity contribution in [2.24, 2.45) is 0 Å². The molecule has 12 heteroatoms. The van der Waals surface area contributed by atoms with E-state index in [4.69, 9.17) is 0 Å². The predicted molar refractivity (Wildman–Crippen MR) is 120 cm³/mol. The fourth-order valence-corrected chi connectivity index (χ4v) is 3.41. The quantitative estimate of drug-likeness (QED) is 0.357. The highest BCUT2D eigenvalue weighted by atomic mass is 19.4. The Bertz CT molecular complexity index is 1240. The zero-order chi connectivity index (χ0) is 26.8. The number of benzene rings is 2. The van der Waals surface area contributed by atoms with Gasteiger partial charge >= 0.3 is 6.18 Å². The second-order valence-electron chi connectivity index (χ2n) is 8.69. The molecule has 7 nitrogen and oxygen atoms in total. The topological polar surface area (TPSA) is 107 Å². The number of aromatic amines is 1. The molecule has 0 radical (unpaired) electrons. The minimum Gasteiger partial charge on any atom is -0.378 e. The van der Waals surface area contributed by atoms with Crippen LogP contribution >= 0.6 is 0 Å². The molecule has 0 saturated carbocycles. The van der Waals surface area contributed by atoms with Crippen molar-refractivity contribution in [1.82, 2.24) is 15.5 Å². The van der Waals surface area contributed by atoms with Crippen LogP contribution in [0.4, 0.5) is 27.8 Å². The molecule has 0 fully saturated rings. The van der Waals surface area contributed by atoms with Gasteiger partial charge in [0.25, 0.3) is 5.91 Å². The number of aliphatic hydroxyl groups is 1. The molecule has 2 atom stereocenters. The highest BCUT2D eigenvalue weighted by molar-refractivity contribution is 5.97. The number of amides is 2. The van der Waals surface area contributed by atoms with Gasteiger partial charge in [-0.3, -0.25) is 14.7 Å². The van der Waals surface area contributed by atoms with Crippen LogP contribution in [0.15, 0.2) is 48.5 Å². The summed E-state index contributed by atoms with van der Waals surface area (Å²) in [4.78, 5) is 24.7. The van der Waals surface area contributed by atoms with Gasteiger partial charge in [0.15, 0.2) is 11.9 Å². The molecule has 0 aliphatic rings. The summed E-state index contributed by atoms with van der Waals surface area (Å²) >= 11 is 0. The first-order chi connectivity index (χ1) is 16.7. The van der Waals surface area contributed by atoms with Crippen molar-refractivity contribution in [1.29, 1.82) is 0 Å². The number of nitrogens with zero attached hydrogens (tertiary/aromatic N) is 1. The molecule has 2 unspecified atom stereocenters. The minimum atomic E-state index is -4.45. The number of anilines is 1. The van der Waals surface area contributed by atoms with Gasteiger partial charge in [-0.2, -0.15) is 18.3 Å². The summed E-state index contributed by atoms with van der Waals surface area (Å²) in [6.07, 6.45) is -6.36. The highest BCUT2D eigenvalue weighted by Gasteiger charge is 2.32. The van der Waals surface area contributed by atoms with Crippen LogP contribution in [0.25, 0.3) is 0 Å². The maximum absolute atomic E-state index is 13.3. The van der Waals surface area contributed by atoms with Gasteiger partial charge in [0.1, 0.15) is 17.7 Å². The van der Waals surface area contributed by atoms with Gasteiger partial charge in [-0.15, -0.1) is 0 Å². The van der Waals surface area contributed by atoms with E-state index in [9.17, 15) is 36.6 Å². The van der Waals surface area contributed by atoms with Crippen molar-refractivity contribution in [2.75, 3.05) is 5.32 Å². The van der Waals surface area contributed by atoms with Gasteiger partial charge in [0.05, 0.1) is 5.56 Å². The number of aliphatic hydroxyl groups excluding tert-OH is 1. The lowest BCUT2D eigenvalue weighted by molar-refractivity contribution is -0.137. The highest BCUT2D eigenvalue weighted by Crippen LogP contribution is 2.34. The largest absolute Gasteiger partial charge is 0.416 e. The number of carbonyl (C=O) groups excluding carboxylic acids is 2. The van der Waals surface area contributed by atoms with Gasteiger partial charge in [0, 0.05) is 23.2 Å². The number of hydrogen-bond donors (Lipinski definition) is 4. The number of carbonyl (C=O) groups is 2. The number of nitrogens with one attached hydrogen (secondary N) is 3. The van der Waals surface area contributed by atoms with E-state index in [-0.39, 0.29) is 11.4 Å². The zero-order valence-electron chi connectivity index (χ0n) is 19.4. The Balaban J connectivity index is 1.65. The van der Waals surface area contributed by atoms with Crippen molar-refractivity contribution >= 4 is 17.6 Å². The summed E-state index contributed by atoms with van der Waals surface area (Å²) in [7, 11) is 0. The Kier molecular flexibility index (Phi) is 7.48. The van der Waals surface area contributed by atoms with Crippen molar-refractivity contribution < 1.29 is 36.6 Å². The van der Waals surface area contributed by atoms with E-state index in [1.807, 2.05) is 0 Å². The van der Waals surface area contributed by atoms with Gasteiger partial charge < -0.3 is 15.7 Å². The smallest absolute Gasteiger partial charge is 0.378 e. The molecule has 0 aliphatic heterocycles. The molecule has 0 spiro atoms. The van der Waals surface area contributed by atoms with E-state index in [0.29, 0.717) is 17.3 Å². The molecule has 0 saturated heterocycles. The molecule has 1 heterocycles. The third-order valence-electron chi connectivity index (χ3n) is 5.64. The number of H-pyrrole nitrogens is 1. The Morgan fingerprint density at radius 2 is 1.50 bits per heavy atom. The molecule has 0 bridgehead atoms. The number of halogens is 5. The lowest BCUT2D eigenvalue weighted by Crippen LogP contribution is -2.43. The third-order valence-corrected chi connectivity index (χ3v) is 5.64. The molecule has 192 valence electrons. The second-order valence-corrected chi connectivity index (χ2v) is 8.69. The Morgan fingerprint density at radius 3 is 2.06 bits per heavy atom. The Labute approximate surface area is 202 Å². The van der Waals surface area contributed by atoms with Crippen LogP contribution in [0.5, 0.6) is 0 Å². The first-order valence-corrected chi connectivity index (χ1v) is 10.7. The van der Waals surface area contributed by atoms with Gasteiger partial charge in [-0.1, -0.05) is 26.0 Å². The third kappa shape index (κ3) is 6.06. The maximum Gasteiger partial charge on any atom is 0.416 e. The summed E-state index contributed by atoms with van der Waals surface area (Å²) in [6, 6.07) is 7.18. The van der Waals surface area contributed by atoms with Crippen LogP contribution in [0.3, 0.4) is 0 Å². The van der Waals surface area contributed by atoms with Gasteiger partial charge in [-0.05, 0) is 42.3 Å². The first kappa shape index (κ1) is 26.8. The van der Waals surface area contributed by atoms with Crippen LogP contribution in [0.2, 0.25) is 0 Å². The Hall–Kier alpha value is -3.80. The molecule has 0 aliphatic carbocycles. The normalized spacial score (nSPS) is 13.7. The molecule has 3 aromatic rings. The van der Waals surface area contributed by atoms with E-state index in [1.54, 1.807) is 13.8 Å². The van der Waals surface area contributed by atoms with Gasteiger partial charge in [-0.25, -0.2) is 8.78 Å². The van der Waals surface area contributed by atoms with Crippen LogP contribution < -0.4 is 10.6 Å².